The van der Waals surface area contributed by atoms with E-state index in [9.17, 15) is 9.59 Å². The van der Waals surface area contributed by atoms with Gasteiger partial charge in [-0.15, -0.1) is 0 Å². The lowest BCUT2D eigenvalue weighted by Crippen LogP contribution is -2.12. The molecular weight excluding hydrogens is 264 g/mol. The Morgan fingerprint density at radius 2 is 1.24 bits per heavy atom. The van der Waals surface area contributed by atoms with Gasteiger partial charge in [-0.2, -0.15) is 0 Å². The first kappa shape index (κ1) is 19.9. The van der Waals surface area contributed by atoms with Crippen LogP contribution in [0.25, 0.3) is 0 Å². The number of esters is 2. The van der Waals surface area contributed by atoms with Crippen LogP contribution in [0.3, 0.4) is 0 Å². The Bertz CT molecular complexity index is 308. The molecule has 0 aliphatic heterocycles. The third-order valence-corrected chi connectivity index (χ3v) is 3.54. The zero-order valence-electron chi connectivity index (χ0n) is 13.9. The number of carbonyl (C=O) groups excluding carboxylic acids is 2. The zero-order valence-corrected chi connectivity index (χ0v) is 13.9. The van der Waals surface area contributed by atoms with E-state index in [4.69, 9.17) is 0 Å². The maximum absolute atomic E-state index is 11.3. The maximum Gasteiger partial charge on any atom is 0.340 e. The summed E-state index contributed by atoms with van der Waals surface area (Å²) in [5, 5.41) is 0. The topological polar surface area (TPSA) is 43.4 Å². The predicted octanol–water partition coefficient (Wildman–Crippen LogP) is 5.33. The molecule has 0 saturated heterocycles. The molecule has 122 valence electrons. The van der Waals surface area contributed by atoms with Crippen molar-refractivity contribution in [3.8, 4) is 0 Å². The van der Waals surface area contributed by atoms with Crippen LogP contribution in [0.1, 0.15) is 90.9 Å². The largest absolute Gasteiger partial charge is 0.390 e. The molecule has 0 aromatic heterocycles. The molecule has 21 heavy (non-hydrogen) atoms. The van der Waals surface area contributed by atoms with Crippen LogP contribution in [0.4, 0.5) is 0 Å². The summed E-state index contributed by atoms with van der Waals surface area (Å²) in [7, 11) is 0. The highest BCUT2D eigenvalue weighted by molar-refractivity contribution is 5.95. The summed E-state index contributed by atoms with van der Waals surface area (Å²) in [4.78, 5) is 22.4. The molecule has 0 aromatic rings. The molecule has 3 heteroatoms. The quantitative estimate of drug-likeness (QED) is 0.199. The standard InChI is InChI=1S/C18H32O3/c1-4-5-6-7-8-9-10-11-12-13-14-15-17(19)21-18(20)16(2)3/h2,4-15H2,1,3H3. The van der Waals surface area contributed by atoms with Gasteiger partial charge in [-0.1, -0.05) is 77.7 Å². The van der Waals surface area contributed by atoms with Crippen molar-refractivity contribution in [1.29, 1.82) is 0 Å². The van der Waals surface area contributed by atoms with Crippen molar-refractivity contribution in [1.82, 2.24) is 0 Å². The summed E-state index contributed by atoms with van der Waals surface area (Å²) >= 11 is 0. The lowest BCUT2D eigenvalue weighted by molar-refractivity contribution is -0.156. The van der Waals surface area contributed by atoms with Crippen molar-refractivity contribution in [2.45, 2.75) is 90.9 Å². The Morgan fingerprint density at radius 3 is 1.67 bits per heavy atom. The molecule has 0 aliphatic carbocycles. The van der Waals surface area contributed by atoms with Crippen molar-refractivity contribution >= 4 is 11.9 Å². The van der Waals surface area contributed by atoms with E-state index in [1.807, 2.05) is 0 Å². The lowest BCUT2D eigenvalue weighted by atomic mass is 10.1. The summed E-state index contributed by atoms with van der Waals surface area (Å²) in [5.41, 5.74) is 0.266. The van der Waals surface area contributed by atoms with Crippen molar-refractivity contribution in [3.05, 3.63) is 12.2 Å². The molecule has 0 N–H and O–H groups in total. The zero-order chi connectivity index (χ0) is 15.9. The van der Waals surface area contributed by atoms with E-state index >= 15 is 0 Å². The third-order valence-electron chi connectivity index (χ3n) is 3.54. The van der Waals surface area contributed by atoms with E-state index in [2.05, 4.69) is 18.2 Å². The van der Waals surface area contributed by atoms with Crippen molar-refractivity contribution in [3.63, 3.8) is 0 Å². The van der Waals surface area contributed by atoms with Gasteiger partial charge < -0.3 is 4.74 Å². The number of hydrogen-bond acceptors (Lipinski definition) is 3. The average Bonchev–Trinajstić information content (AvgIpc) is 2.44. The Labute approximate surface area is 130 Å². The number of carbonyl (C=O) groups is 2. The van der Waals surface area contributed by atoms with Gasteiger partial charge in [0.1, 0.15) is 0 Å². The summed E-state index contributed by atoms with van der Waals surface area (Å²) in [6, 6.07) is 0. The van der Waals surface area contributed by atoms with Gasteiger partial charge in [-0.25, -0.2) is 4.79 Å². The first-order valence-electron chi connectivity index (χ1n) is 8.48. The van der Waals surface area contributed by atoms with E-state index in [0.717, 1.165) is 19.3 Å². The molecule has 0 bridgehead atoms. The Balaban J connectivity index is 3.27. The van der Waals surface area contributed by atoms with Crippen LogP contribution in [0.15, 0.2) is 12.2 Å². The number of unbranched alkanes of at least 4 members (excludes halogenated alkanes) is 10. The van der Waals surface area contributed by atoms with Gasteiger partial charge in [-0.3, -0.25) is 4.79 Å². The van der Waals surface area contributed by atoms with Crippen LogP contribution in [0.5, 0.6) is 0 Å². The van der Waals surface area contributed by atoms with Gasteiger partial charge >= 0.3 is 11.9 Å². The molecule has 0 spiro atoms. The molecule has 0 radical (unpaired) electrons. The lowest BCUT2D eigenvalue weighted by Gasteiger charge is -2.03. The fourth-order valence-corrected chi connectivity index (χ4v) is 2.18. The van der Waals surface area contributed by atoms with Gasteiger partial charge in [-0.05, 0) is 13.3 Å². The molecule has 0 aromatic carbocycles. The Morgan fingerprint density at radius 1 is 0.810 bits per heavy atom. The van der Waals surface area contributed by atoms with Gasteiger partial charge in [0.25, 0.3) is 0 Å². The molecule has 0 heterocycles. The highest BCUT2D eigenvalue weighted by Crippen LogP contribution is 2.12. The fraction of sp³-hybridized carbons (Fsp3) is 0.778. The first-order valence-corrected chi connectivity index (χ1v) is 8.48. The van der Waals surface area contributed by atoms with Crippen LogP contribution in [-0.4, -0.2) is 11.9 Å². The smallest absolute Gasteiger partial charge is 0.340 e. The van der Waals surface area contributed by atoms with Gasteiger partial charge in [0, 0.05) is 12.0 Å². The Kier molecular flexibility index (Phi) is 13.1. The summed E-state index contributed by atoms with van der Waals surface area (Å²) < 4.78 is 4.63. The van der Waals surface area contributed by atoms with E-state index < -0.39 is 11.9 Å². The van der Waals surface area contributed by atoms with Crippen LogP contribution in [-0.2, 0) is 14.3 Å². The molecule has 0 fully saturated rings. The summed E-state index contributed by atoms with van der Waals surface area (Å²) in [5.74, 6) is -1.04. The summed E-state index contributed by atoms with van der Waals surface area (Å²) in [6.45, 7) is 7.22. The van der Waals surface area contributed by atoms with Crippen LogP contribution < -0.4 is 0 Å². The molecule has 0 rings (SSSR count). The number of hydrogen-bond donors (Lipinski definition) is 0. The maximum atomic E-state index is 11.3. The molecular formula is C18H32O3. The molecule has 3 nitrogen and oxygen atoms in total. The fourth-order valence-electron chi connectivity index (χ4n) is 2.18. The Hall–Kier alpha value is -1.12. The van der Waals surface area contributed by atoms with Crippen molar-refractivity contribution in [2.75, 3.05) is 0 Å². The van der Waals surface area contributed by atoms with E-state index in [0.29, 0.717) is 6.42 Å². The molecule has 0 saturated carbocycles. The van der Waals surface area contributed by atoms with Gasteiger partial charge in [0.2, 0.25) is 0 Å². The van der Waals surface area contributed by atoms with Crippen LogP contribution in [0.2, 0.25) is 0 Å². The SMILES string of the molecule is C=C(C)C(=O)OC(=O)CCCCCCCCCCCCC. The van der Waals surface area contributed by atoms with E-state index in [1.54, 1.807) is 0 Å². The number of ether oxygens (including phenoxy) is 1. The summed E-state index contributed by atoms with van der Waals surface area (Å²) in [6.07, 6.45) is 14.0. The minimum Gasteiger partial charge on any atom is -0.390 e. The predicted molar refractivity (Wildman–Crippen MR) is 87.0 cm³/mol. The highest BCUT2D eigenvalue weighted by atomic mass is 16.6. The van der Waals surface area contributed by atoms with Crippen LogP contribution in [0, 0.1) is 0 Å². The molecule has 0 atom stereocenters. The normalized spacial score (nSPS) is 10.4. The highest BCUT2D eigenvalue weighted by Gasteiger charge is 2.10. The molecule has 0 unspecified atom stereocenters. The minimum atomic E-state index is -0.608. The van der Waals surface area contributed by atoms with Crippen molar-refractivity contribution < 1.29 is 14.3 Å². The molecule has 0 aliphatic rings. The number of rotatable bonds is 13. The average molecular weight is 296 g/mol. The minimum absolute atomic E-state index is 0.266. The van der Waals surface area contributed by atoms with E-state index in [1.165, 1.54) is 58.3 Å². The van der Waals surface area contributed by atoms with E-state index in [-0.39, 0.29) is 5.57 Å². The third kappa shape index (κ3) is 13.6. The van der Waals surface area contributed by atoms with Crippen LogP contribution >= 0.6 is 0 Å². The van der Waals surface area contributed by atoms with Gasteiger partial charge in [0.15, 0.2) is 0 Å². The molecule has 0 amide bonds. The second kappa shape index (κ2) is 13.8. The van der Waals surface area contributed by atoms with Gasteiger partial charge in [0.05, 0.1) is 0 Å². The first-order chi connectivity index (χ1) is 10.1. The second-order valence-electron chi connectivity index (χ2n) is 5.83. The van der Waals surface area contributed by atoms with Crippen molar-refractivity contribution in [2.24, 2.45) is 0 Å². The second-order valence-corrected chi connectivity index (χ2v) is 5.83. The monoisotopic (exact) mass is 296 g/mol.